The van der Waals surface area contributed by atoms with Gasteiger partial charge in [-0.3, -0.25) is 4.79 Å². The number of carbonyl (C=O) groups is 1. The van der Waals surface area contributed by atoms with E-state index in [4.69, 9.17) is 5.73 Å². The van der Waals surface area contributed by atoms with Crippen LogP contribution in [0.2, 0.25) is 0 Å². The molecule has 0 bridgehead atoms. The summed E-state index contributed by atoms with van der Waals surface area (Å²) in [6.45, 7) is 3.97. The van der Waals surface area contributed by atoms with Gasteiger partial charge in [0.2, 0.25) is 11.6 Å². The number of aryl methyl sites for hydroxylation is 1. The van der Waals surface area contributed by atoms with Crippen molar-refractivity contribution in [2.24, 2.45) is 5.10 Å². The molecule has 1 amide bonds. The molecule has 2 aromatic heterocycles. The molecule has 0 atom stereocenters. The minimum Gasteiger partial charge on any atom is -0.378 e. The molecule has 26 heavy (non-hydrogen) atoms. The van der Waals surface area contributed by atoms with E-state index in [1.807, 2.05) is 38.1 Å². The van der Waals surface area contributed by atoms with Crippen LogP contribution in [0.15, 0.2) is 34.0 Å². The van der Waals surface area contributed by atoms with Gasteiger partial charge in [-0.15, -0.1) is 5.10 Å². The Balaban J connectivity index is 1.79. The highest BCUT2D eigenvalue weighted by Crippen LogP contribution is 2.17. The maximum Gasteiger partial charge on any atom is 0.293 e. The van der Waals surface area contributed by atoms with Crippen molar-refractivity contribution in [1.29, 1.82) is 0 Å². The maximum absolute atomic E-state index is 12.4. The first kappa shape index (κ1) is 17.3. The predicted molar refractivity (Wildman–Crippen MR) is 93.9 cm³/mol. The van der Waals surface area contributed by atoms with Gasteiger partial charge in [0.15, 0.2) is 5.69 Å². The van der Waals surface area contributed by atoms with E-state index in [2.05, 4.69) is 35.8 Å². The number of nitrogens with two attached hydrogens (primary N) is 1. The van der Waals surface area contributed by atoms with Crippen molar-refractivity contribution < 1.29 is 9.42 Å². The summed E-state index contributed by atoms with van der Waals surface area (Å²) >= 11 is 0. The lowest BCUT2D eigenvalue weighted by molar-refractivity contribution is 0.0949. The molecule has 0 saturated heterocycles. The van der Waals surface area contributed by atoms with Gasteiger partial charge in [-0.2, -0.15) is 9.78 Å². The second-order valence-corrected chi connectivity index (χ2v) is 5.63. The van der Waals surface area contributed by atoms with E-state index in [0.717, 1.165) is 17.5 Å². The van der Waals surface area contributed by atoms with Crippen molar-refractivity contribution >= 4 is 17.9 Å². The Hall–Kier alpha value is -3.56. The second-order valence-electron chi connectivity index (χ2n) is 5.63. The maximum atomic E-state index is 12.4. The van der Waals surface area contributed by atoms with Crippen LogP contribution >= 0.6 is 0 Å². The molecule has 2 heterocycles. The van der Waals surface area contributed by atoms with Gasteiger partial charge in [0.05, 0.1) is 11.9 Å². The number of nitrogens with one attached hydrogen (secondary N) is 1. The zero-order chi connectivity index (χ0) is 18.5. The van der Waals surface area contributed by atoms with Gasteiger partial charge in [-0.05, 0) is 29.2 Å². The van der Waals surface area contributed by atoms with Crippen molar-refractivity contribution in [3.8, 4) is 5.82 Å². The molecular weight excluding hydrogens is 336 g/mol. The first-order chi connectivity index (χ1) is 12.6. The Labute approximate surface area is 149 Å². The number of hydrogen-bond donors (Lipinski definition) is 2. The van der Waals surface area contributed by atoms with Crippen LogP contribution in [0, 0.1) is 6.92 Å². The molecule has 0 aliphatic rings. The number of hydrazone groups is 1. The summed E-state index contributed by atoms with van der Waals surface area (Å²) in [4.78, 5) is 12.4. The fraction of sp³-hybridized carbons (Fsp3) is 0.250. The minimum atomic E-state index is -0.474. The molecule has 134 valence electrons. The van der Waals surface area contributed by atoms with Crippen LogP contribution in [-0.4, -0.2) is 37.4 Å². The summed E-state index contributed by atoms with van der Waals surface area (Å²) in [7, 11) is 0. The van der Waals surface area contributed by atoms with Crippen LogP contribution in [0.1, 0.15) is 40.7 Å². The SMILES string of the molecule is CCCc1c(C(=O)N/N=C/c2ccc(C)cc2)nnn1-c1nonc1N. The molecule has 10 nitrogen and oxygen atoms in total. The monoisotopic (exact) mass is 354 g/mol. The van der Waals surface area contributed by atoms with Crippen LogP contribution in [0.5, 0.6) is 0 Å². The van der Waals surface area contributed by atoms with Crippen molar-refractivity contribution in [3.05, 3.63) is 46.8 Å². The lowest BCUT2D eigenvalue weighted by Gasteiger charge is -2.03. The lowest BCUT2D eigenvalue weighted by Crippen LogP contribution is -2.20. The van der Waals surface area contributed by atoms with Gasteiger partial charge in [-0.25, -0.2) is 10.1 Å². The zero-order valence-corrected chi connectivity index (χ0v) is 14.4. The van der Waals surface area contributed by atoms with Gasteiger partial charge < -0.3 is 5.73 Å². The number of amides is 1. The first-order valence-electron chi connectivity index (χ1n) is 8.03. The summed E-state index contributed by atoms with van der Waals surface area (Å²) in [5.74, 6) is -0.210. The molecule has 0 fully saturated rings. The van der Waals surface area contributed by atoms with E-state index in [0.29, 0.717) is 12.1 Å². The number of aromatic nitrogens is 5. The molecule has 0 aliphatic heterocycles. The fourth-order valence-corrected chi connectivity index (χ4v) is 2.32. The Morgan fingerprint density at radius 2 is 2.12 bits per heavy atom. The van der Waals surface area contributed by atoms with Crippen molar-refractivity contribution in [2.75, 3.05) is 5.73 Å². The minimum absolute atomic E-state index is 0.0663. The highest BCUT2D eigenvalue weighted by Gasteiger charge is 2.23. The average molecular weight is 354 g/mol. The molecule has 3 N–H and O–H groups in total. The van der Waals surface area contributed by atoms with E-state index in [1.54, 1.807) is 6.21 Å². The largest absolute Gasteiger partial charge is 0.378 e. The van der Waals surface area contributed by atoms with E-state index in [1.165, 1.54) is 4.68 Å². The molecule has 1 aromatic carbocycles. The molecule has 0 unspecified atom stereocenters. The van der Waals surface area contributed by atoms with Crippen LogP contribution in [0.25, 0.3) is 5.82 Å². The molecule has 3 rings (SSSR count). The zero-order valence-electron chi connectivity index (χ0n) is 14.4. The van der Waals surface area contributed by atoms with Gasteiger partial charge in [0.25, 0.3) is 5.91 Å². The van der Waals surface area contributed by atoms with Gasteiger partial charge >= 0.3 is 0 Å². The van der Waals surface area contributed by atoms with Crippen molar-refractivity contribution in [1.82, 2.24) is 30.7 Å². The third kappa shape index (κ3) is 3.58. The van der Waals surface area contributed by atoms with Gasteiger partial charge in [0, 0.05) is 0 Å². The highest BCUT2D eigenvalue weighted by atomic mass is 16.6. The third-order valence-corrected chi connectivity index (χ3v) is 3.62. The Morgan fingerprint density at radius 3 is 2.77 bits per heavy atom. The van der Waals surface area contributed by atoms with Crippen molar-refractivity contribution in [3.63, 3.8) is 0 Å². The Kier molecular flexibility index (Phi) is 5.02. The molecule has 0 aliphatic carbocycles. The fourth-order valence-electron chi connectivity index (χ4n) is 2.32. The summed E-state index contributed by atoms with van der Waals surface area (Å²) in [6, 6.07) is 7.74. The molecule has 0 spiro atoms. The standard InChI is InChI=1S/C16H18N8O2/c1-3-4-12-13(19-23-24(12)15-14(17)21-26-22-15)16(25)20-18-9-11-7-5-10(2)6-8-11/h5-9H,3-4H2,1-2H3,(H2,17,21)(H,20,25)/b18-9+. The number of nitrogen functional groups attached to an aromatic ring is 1. The molecule has 0 radical (unpaired) electrons. The molecule has 3 aromatic rings. The van der Waals surface area contributed by atoms with Gasteiger partial charge in [0.1, 0.15) is 0 Å². The third-order valence-electron chi connectivity index (χ3n) is 3.62. The average Bonchev–Trinajstić information content (AvgIpc) is 3.23. The van der Waals surface area contributed by atoms with Crippen molar-refractivity contribution in [2.45, 2.75) is 26.7 Å². The summed E-state index contributed by atoms with van der Waals surface area (Å²) in [5, 5.41) is 19.1. The normalized spacial score (nSPS) is 11.2. The molecular formula is C16H18N8O2. The van der Waals surface area contributed by atoms with E-state index >= 15 is 0 Å². The second kappa shape index (κ2) is 7.55. The quantitative estimate of drug-likeness (QED) is 0.502. The number of nitrogens with zero attached hydrogens (tertiary/aromatic N) is 6. The molecule has 10 heteroatoms. The summed E-state index contributed by atoms with van der Waals surface area (Å²) in [5.41, 5.74) is 10.9. The van der Waals surface area contributed by atoms with Crippen LogP contribution < -0.4 is 11.2 Å². The number of benzene rings is 1. The number of rotatable bonds is 6. The Bertz CT molecular complexity index is 926. The van der Waals surface area contributed by atoms with E-state index in [-0.39, 0.29) is 17.3 Å². The summed E-state index contributed by atoms with van der Waals surface area (Å²) < 4.78 is 5.94. The van der Waals surface area contributed by atoms with Crippen LogP contribution in [0.3, 0.4) is 0 Å². The van der Waals surface area contributed by atoms with Crippen LogP contribution in [-0.2, 0) is 6.42 Å². The van der Waals surface area contributed by atoms with Crippen LogP contribution in [0.4, 0.5) is 5.82 Å². The summed E-state index contributed by atoms with van der Waals surface area (Å²) in [6.07, 6.45) is 2.87. The lowest BCUT2D eigenvalue weighted by atomic mass is 10.2. The Morgan fingerprint density at radius 1 is 1.35 bits per heavy atom. The van der Waals surface area contributed by atoms with E-state index < -0.39 is 5.91 Å². The highest BCUT2D eigenvalue weighted by molar-refractivity contribution is 5.94. The number of hydrogen-bond acceptors (Lipinski definition) is 8. The van der Waals surface area contributed by atoms with Gasteiger partial charge in [-0.1, -0.05) is 48.4 Å². The first-order valence-corrected chi connectivity index (χ1v) is 8.03. The predicted octanol–water partition coefficient (Wildman–Crippen LogP) is 1.26. The smallest absolute Gasteiger partial charge is 0.293 e. The topological polar surface area (TPSA) is 137 Å². The van der Waals surface area contributed by atoms with E-state index in [9.17, 15) is 4.79 Å². The molecule has 0 saturated carbocycles. The number of carbonyl (C=O) groups excluding carboxylic acids is 1. The number of anilines is 1.